The van der Waals surface area contributed by atoms with Gasteiger partial charge in [-0.3, -0.25) is 4.68 Å². The standard InChI is InChI=1S/C20H30N4/c1-17(2)18-7-9-19(10-8-18)22-20-6-3-12-23(16-20)13-5-15-24-14-4-11-21-24/h4,7-11,14,17,20,22H,3,5-6,12-13,15-16H2,1-2H3. The molecule has 0 bridgehead atoms. The third-order valence-corrected chi connectivity index (χ3v) is 4.87. The number of benzene rings is 1. The van der Waals surface area contributed by atoms with Gasteiger partial charge in [0, 0.05) is 37.2 Å². The summed E-state index contributed by atoms with van der Waals surface area (Å²) < 4.78 is 2.02. The van der Waals surface area contributed by atoms with Crippen LogP contribution >= 0.6 is 0 Å². The molecule has 4 nitrogen and oxygen atoms in total. The summed E-state index contributed by atoms with van der Waals surface area (Å²) in [4.78, 5) is 2.59. The summed E-state index contributed by atoms with van der Waals surface area (Å²) in [5.74, 6) is 0.596. The van der Waals surface area contributed by atoms with Gasteiger partial charge in [-0.2, -0.15) is 5.10 Å². The molecule has 130 valence electrons. The van der Waals surface area contributed by atoms with E-state index in [0.29, 0.717) is 12.0 Å². The van der Waals surface area contributed by atoms with E-state index in [1.807, 2.05) is 23.1 Å². The number of likely N-dealkylation sites (tertiary alicyclic amines) is 1. The maximum absolute atomic E-state index is 4.27. The van der Waals surface area contributed by atoms with Crippen molar-refractivity contribution in [2.75, 3.05) is 25.0 Å². The predicted octanol–water partition coefficient (Wildman–Crippen LogP) is 3.97. The summed E-state index contributed by atoms with van der Waals surface area (Å²) in [6.45, 7) is 9.02. The first kappa shape index (κ1) is 17.0. The Morgan fingerprint density at radius 2 is 2.04 bits per heavy atom. The van der Waals surface area contributed by atoms with Gasteiger partial charge in [0.2, 0.25) is 0 Å². The highest BCUT2D eigenvalue weighted by atomic mass is 15.3. The predicted molar refractivity (Wildman–Crippen MR) is 100 cm³/mol. The van der Waals surface area contributed by atoms with Gasteiger partial charge in [0.05, 0.1) is 0 Å². The number of aromatic nitrogens is 2. The van der Waals surface area contributed by atoms with Crippen LogP contribution in [0.1, 0.15) is 44.6 Å². The monoisotopic (exact) mass is 326 g/mol. The molecule has 0 spiro atoms. The highest BCUT2D eigenvalue weighted by Crippen LogP contribution is 2.20. The molecule has 1 aliphatic rings. The van der Waals surface area contributed by atoms with Crippen LogP contribution in [0.5, 0.6) is 0 Å². The largest absolute Gasteiger partial charge is 0.381 e. The highest BCUT2D eigenvalue weighted by Gasteiger charge is 2.19. The van der Waals surface area contributed by atoms with E-state index in [2.05, 4.69) is 53.4 Å². The van der Waals surface area contributed by atoms with Crippen LogP contribution in [-0.2, 0) is 6.54 Å². The summed E-state index contributed by atoms with van der Waals surface area (Å²) in [7, 11) is 0. The molecule has 24 heavy (non-hydrogen) atoms. The van der Waals surface area contributed by atoms with Gasteiger partial charge in [0.15, 0.2) is 0 Å². The van der Waals surface area contributed by atoms with Gasteiger partial charge < -0.3 is 10.2 Å². The fourth-order valence-corrected chi connectivity index (χ4v) is 3.47. The van der Waals surface area contributed by atoms with Crippen LogP contribution in [0.4, 0.5) is 5.69 Å². The van der Waals surface area contributed by atoms with Crippen molar-refractivity contribution in [2.45, 2.75) is 51.6 Å². The van der Waals surface area contributed by atoms with Crippen molar-refractivity contribution in [3.63, 3.8) is 0 Å². The zero-order valence-corrected chi connectivity index (χ0v) is 15.0. The fourth-order valence-electron chi connectivity index (χ4n) is 3.47. The zero-order valence-electron chi connectivity index (χ0n) is 15.0. The van der Waals surface area contributed by atoms with Crippen LogP contribution in [0.3, 0.4) is 0 Å². The van der Waals surface area contributed by atoms with Gasteiger partial charge in [0.25, 0.3) is 0 Å². The minimum absolute atomic E-state index is 0.563. The molecule has 0 amide bonds. The highest BCUT2D eigenvalue weighted by molar-refractivity contribution is 5.46. The molecule has 1 fully saturated rings. The minimum Gasteiger partial charge on any atom is -0.381 e. The number of piperidine rings is 1. The Morgan fingerprint density at radius 3 is 2.75 bits per heavy atom. The number of nitrogens with zero attached hydrogens (tertiary/aromatic N) is 3. The molecule has 0 saturated carbocycles. The van der Waals surface area contributed by atoms with Gasteiger partial charge in [-0.1, -0.05) is 26.0 Å². The Hall–Kier alpha value is -1.81. The number of rotatable bonds is 7. The molecule has 1 aromatic carbocycles. The first-order chi connectivity index (χ1) is 11.7. The topological polar surface area (TPSA) is 33.1 Å². The Kier molecular flexibility index (Phi) is 5.91. The van der Waals surface area contributed by atoms with Gasteiger partial charge in [0.1, 0.15) is 0 Å². The molecule has 0 aliphatic carbocycles. The van der Waals surface area contributed by atoms with Crippen LogP contribution in [0.15, 0.2) is 42.7 Å². The fraction of sp³-hybridized carbons (Fsp3) is 0.550. The summed E-state index contributed by atoms with van der Waals surface area (Å²) in [5.41, 5.74) is 2.66. The number of hydrogen-bond donors (Lipinski definition) is 1. The van der Waals surface area contributed by atoms with E-state index in [4.69, 9.17) is 0 Å². The molecule has 1 saturated heterocycles. The van der Waals surface area contributed by atoms with Crippen LogP contribution in [0.25, 0.3) is 0 Å². The van der Waals surface area contributed by atoms with E-state index in [1.165, 1.54) is 30.6 Å². The van der Waals surface area contributed by atoms with E-state index in [9.17, 15) is 0 Å². The molecule has 1 atom stereocenters. The number of nitrogens with one attached hydrogen (secondary N) is 1. The second kappa shape index (κ2) is 8.34. The summed E-state index contributed by atoms with van der Waals surface area (Å²) in [6.07, 6.45) is 7.61. The third-order valence-electron chi connectivity index (χ3n) is 4.87. The molecular formula is C20H30N4. The van der Waals surface area contributed by atoms with Gasteiger partial charge in [-0.05, 0) is 62.0 Å². The second-order valence-electron chi connectivity index (χ2n) is 7.18. The zero-order chi connectivity index (χ0) is 16.8. The summed E-state index contributed by atoms with van der Waals surface area (Å²) in [6, 6.07) is 11.5. The van der Waals surface area contributed by atoms with Crippen LogP contribution in [-0.4, -0.2) is 40.4 Å². The van der Waals surface area contributed by atoms with E-state index in [1.54, 1.807) is 0 Å². The Balaban J connectivity index is 1.44. The SMILES string of the molecule is CC(C)c1ccc(NC2CCCN(CCCn3cccn3)C2)cc1. The van der Waals surface area contributed by atoms with Crippen molar-refractivity contribution < 1.29 is 0 Å². The Labute approximate surface area is 145 Å². The third kappa shape index (κ3) is 4.84. The average Bonchev–Trinajstić information content (AvgIpc) is 3.09. The molecular weight excluding hydrogens is 296 g/mol. The van der Waals surface area contributed by atoms with Crippen molar-refractivity contribution in [3.8, 4) is 0 Å². The number of aryl methyl sites for hydroxylation is 1. The maximum atomic E-state index is 4.27. The first-order valence-corrected chi connectivity index (χ1v) is 9.27. The molecule has 0 radical (unpaired) electrons. The lowest BCUT2D eigenvalue weighted by molar-refractivity contribution is 0.210. The summed E-state index contributed by atoms with van der Waals surface area (Å²) >= 11 is 0. The van der Waals surface area contributed by atoms with E-state index in [-0.39, 0.29) is 0 Å². The molecule has 4 heteroatoms. The second-order valence-corrected chi connectivity index (χ2v) is 7.18. The van der Waals surface area contributed by atoms with Gasteiger partial charge >= 0.3 is 0 Å². The maximum Gasteiger partial charge on any atom is 0.0489 e. The van der Waals surface area contributed by atoms with E-state index >= 15 is 0 Å². The number of anilines is 1. The minimum atomic E-state index is 0.563. The molecule has 1 aliphatic heterocycles. The van der Waals surface area contributed by atoms with Gasteiger partial charge in [-0.25, -0.2) is 0 Å². The van der Waals surface area contributed by atoms with Crippen LogP contribution < -0.4 is 5.32 Å². The van der Waals surface area contributed by atoms with Crippen molar-refractivity contribution >= 4 is 5.69 Å². The van der Waals surface area contributed by atoms with Crippen molar-refractivity contribution in [1.82, 2.24) is 14.7 Å². The smallest absolute Gasteiger partial charge is 0.0489 e. The average molecular weight is 326 g/mol. The van der Waals surface area contributed by atoms with Crippen molar-refractivity contribution in [3.05, 3.63) is 48.3 Å². The quantitative estimate of drug-likeness (QED) is 0.835. The molecule has 1 N–H and O–H groups in total. The first-order valence-electron chi connectivity index (χ1n) is 9.27. The lowest BCUT2D eigenvalue weighted by atomic mass is 10.0. The number of hydrogen-bond acceptors (Lipinski definition) is 3. The molecule has 1 aromatic heterocycles. The molecule has 1 unspecified atom stereocenters. The summed E-state index contributed by atoms with van der Waals surface area (Å²) in [5, 5.41) is 8.00. The molecule has 2 heterocycles. The van der Waals surface area contributed by atoms with Crippen LogP contribution in [0.2, 0.25) is 0 Å². The normalized spacial score (nSPS) is 18.9. The lowest BCUT2D eigenvalue weighted by Gasteiger charge is -2.33. The van der Waals surface area contributed by atoms with E-state index in [0.717, 1.165) is 26.1 Å². The van der Waals surface area contributed by atoms with E-state index < -0.39 is 0 Å². The molecule has 2 aromatic rings. The van der Waals surface area contributed by atoms with Crippen molar-refractivity contribution in [1.29, 1.82) is 0 Å². The molecule has 3 rings (SSSR count). The Bertz CT molecular complexity index is 589. The van der Waals surface area contributed by atoms with Crippen molar-refractivity contribution in [2.24, 2.45) is 0 Å². The van der Waals surface area contributed by atoms with Crippen LogP contribution in [0, 0.1) is 0 Å². The van der Waals surface area contributed by atoms with Gasteiger partial charge in [-0.15, -0.1) is 0 Å². The Morgan fingerprint density at radius 1 is 1.21 bits per heavy atom. The lowest BCUT2D eigenvalue weighted by Crippen LogP contribution is -2.42.